The van der Waals surface area contributed by atoms with Gasteiger partial charge < -0.3 is 5.32 Å². The lowest BCUT2D eigenvalue weighted by molar-refractivity contribution is 0.102. The van der Waals surface area contributed by atoms with Crippen LogP contribution in [0.25, 0.3) is 5.65 Å². The van der Waals surface area contributed by atoms with E-state index in [-0.39, 0.29) is 44.5 Å². The maximum atomic E-state index is 13.6. The van der Waals surface area contributed by atoms with Gasteiger partial charge in [0.15, 0.2) is 22.3 Å². The van der Waals surface area contributed by atoms with Crippen LogP contribution in [0.5, 0.6) is 0 Å². The lowest BCUT2D eigenvalue weighted by Crippen LogP contribution is -2.15. The number of rotatable bonds is 7. The van der Waals surface area contributed by atoms with Crippen LogP contribution in [-0.2, 0) is 10.0 Å². The van der Waals surface area contributed by atoms with Gasteiger partial charge in [0.05, 0.1) is 4.90 Å². The molecule has 1 aromatic carbocycles. The SMILES string of the molecule is O=C(Nc1ccc(S(=O)(=O)Nc2ccc(Cl)nn2)cc1)c1cc2nc(C3CC3)cc(C(F)F)n2n1. The number of benzene rings is 1. The molecule has 3 aromatic heterocycles. The van der Waals surface area contributed by atoms with E-state index in [1.807, 2.05) is 0 Å². The maximum absolute atomic E-state index is 13.6. The molecule has 3 heterocycles. The first kappa shape index (κ1) is 23.1. The molecule has 2 N–H and O–H groups in total. The largest absolute Gasteiger partial charge is 0.321 e. The molecule has 1 amide bonds. The fourth-order valence-electron chi connectivity index (χ4n) is 3.35. The molecule has 0 radical (unpaired) electrons. The average molecular weight is 520 g/mol. The molecule has 35 heavy (non-hydrogen) atoms. The number of fused-ring (bicyclic) bond motifs is 1. The van der Waals surface area contributed by atoms with E-state index in [1.165, 1.54) is 48.5 Å². The van der Waals surface area contributed by atoms with Crippen LogP contribution < -0.4 is 10.0 Å². The predicted molar refractivity (Wildman–Crippen MR) is 122 cm³/mol. The molecule has 0 spiro atoms. The van der Waals surface area contributed by atoms with E-state index in [1.54, 1.807) is 0 Å². The van der Waals surface area contributed by atoms with Gasteiger partial charge in [-0.3, -0.25) is 9.52 Å². The molecule has 1 fully saturated rings. The Kier molecular flexibility index (Phi) is 5.81. The number of alkyl halides is 2. The quantitative estimate of drug-likeness (QED) is 0.376. The third kappa shape index (κ3) is 4.91. The summed E-state index contributed by atoms with van der Waals surface area (Å²) in [5.41, 5.74) is 0.565. The molecular weight excluding hydrogens is 504 g/mol. The van der Waals surface area contributed by atoms with E-state index in [0.29, 0.717) is 5.69 Å². The number of nitrogens with one attached hydrogen (secondary N) is 2. The molecule has 10 nitrogen and oxygen atoms in total. The fourth-order valence-corrected chi connectivity index (χ4v) is 4.45. The highest BCUT2D eigenvalue weighted by Gasteiger charge is 2.28. The van der Waals surface area contributed by atoms with E-state index in [4.69, 9.17) is 11.6 Å². The Hall–Kier alpha value is -3.71. The lowest BCUT2D eigenvalue weighted by atomic mass is 10.2. The van der Waals surface area contributed by atoms with Crippen molar-refractivity contribution in [2.75, 3.05) is 10.0 Å². The number of sulfonamides is 1. The summed E-state index contributed by atoms with van der Waals surface area (Å²) in [4.78, 5) is 17.0. The Morgan fingerprint density at radius 2 is 1.83 bits per heavy atom. The van der Waals surface area contributed by atoms with Crippen LogP contribution >= 0.6 is 11.6 Å². The standard InChI is InChI=1S/C21H16ClF2N7O3S/c22-17-7-8-18(28-27-17)30-35(33,34)13-5-3-12(4-6-13)25-21(32)15-10-19-26-14(11-1-2-11)9-16(20(23)24)31(19)29-15/h3-11,20H,1-2H2,(H,25,32)(H,28,30). The minimum Gasteiger partial charge on any atom is -0.321 e. The van der Waals surface area contributed by atoms with Crippen LogP contribution in [0.2, 0.25) is 5.15 Å². The van der Waals surface area contributed by atoms with Gasteiger partial charge in [0.25, 0.3) is 22.4 Å². The van der Waals surface area contributed by atoms with E-state index < -0.39 is 22.4 Å². The van der Waals surface area contributed by atoms with Gasteiger partial charge in [-0.15, -0.1) is 10.2 Å². The summed E-state index contributed by atoms with van der Waals surface area (Å²) >= 11 is 5.64. The summed E-state index contributed by atoms with van der Waals surface area (Å²) in [5, 5.41) is 13.9. The second kappa shape index (κ2) is 8.82. The van der Waals surface area contributed by atoms with Crippen molar-refractivity contribution in [1.82, 2.24) is 24.8 Å². The van der Waals surface area contributed by atoms with Gasteiger partial charge in [-0.1, -0.05) is 11.6 Å². The van der Waals surface area contributed by atoms with Gasteiger partial charge in [0, 0.05) is 23.4 Å². The number of carbonyl (C=O) groups is 1. The average Bonchev–Trinajstić information content (AvgIpc) is 3.58. The zero-order chi connectivity index (χ0) is 24.7. The number of anilines is 2. The van der Waals surface area contributed by atoms with Crippen LogP contribution in [0.1, 0.15) is 47.1 Å². The summed E-state index contributed by atoms with van der Waals surface area (Å²) in [5.74, 6) is -0.519. The zero-order valence-corrected chi connectivity index (χ0v) is 19.3. The number of nitrogens with zero attached hydrogens (tertiary/aromatic N) is 5. The van der Waals surface area contributed by atoms with Crippen molar-refractivity contribution in [3.05, 3.63) is 70.8 Å². The Bertz CT molecular complexity index is 1520. The van der Waals surface area contributed by atoms with Gasteiger partial charge >= 0.3 is 0 Å². The smallest absolute Gasteiger partial charge is 0.280 e. The van der Waals surface area contributed by atoms with E-state index >= 15 is 0 Å². The molecule has 5 rings (SSSR count). The van der Waals surface area contributed by atoms with E-state index in [2.05, 4.69) is 30.3 Å². The van der Waals surface area contributed by atoms with Gasteiger partial charge in [-0.05, 0) is 55.3 Å². The lowest BCUT2D eigenvalue weighted by Gasteiger charge is -2.08. The Labute approximate surface area is 202 Å². The molecular formula is C21H16ClF2N7O3S. The van der Waals surface area contributed by atoms with Gasteiger partial charge in [0.2, 0.25) is 0 Å². The van der Waals surface area contributed by atoms with Crippen LogP contribution in [0, 0.1) is 0 Å². The first-order valence-corrected chi connectivity index (χ1v) is 12.2. The van der Waals surface area contributed by atoms with Gasteiger partial charge in [-0.2, -0.15) is 5.10 Å². The highest BCUT2D eigenvalue weighted by Crippen LogP contribution is 2.40. The maximum Gasteiger partial charge on any atom is 0.280 e. The number of carbonyl (C=O) groups excluding carboxylic acids is 1. The van der Waals surface area contributed by atoms with Crippen molar-refractivity contribution in [1.29, 1.82) is 0 Å². The Morgan fingerprint density at radius 3 is 2.46 bits per heavy atom. The van der Waals surface area contributed by atoms with E-state index in [9.17, 15) is 22.0 Å². The molecule has 14 heteroatoms. The zero-order valence-electron chi connectivity index (χ0n) is 17.7. The minimum atomic E-state index is -3.96. The number of amides is 1. The number of halogens is 3. The first-order chi connectivity index (χ1) is 16.7. The van der Waals surface area contributed by atoms with Crippen molar-refractivity contribution in [2.45, 2.75) is 30.1 Å². The van der Waals surface area contributed by atoms with Crippen molar-refractivity contribution >= 4 is 44.7 Å². The Morgan fingerprint density at radius 1 is 1.09 bits per heavy atom. The van der Waals surface area contributed by atoms with Crippen molar-refractivity contribution < 1.29 is 22.0 Å². The summed E-state index contributed by atoms with van der Waals surface area (Å²) < 4.78 is 55.4. The van der Waals surface area contributed by atoms with Crippen molar-refractivity contribution in [2.24, 2.45) is 0 Å². The molecule has 4 aromatic rings. The topological polar surface area (TPSA) is 131 Å². The first-order valence-electron chi connectivity index (χ1n) is 10.3. The number of hydrogen-bond acceptors (Lipinski definition) is 7. The van der Waals surface area contributed by atoms with Gasteiger partial charge in [-0.25, -0.2) is 26.7 Å². The molecule has 1 saturated carbocycles. The van der Waals surface area contributed by atoms with Crippen LogP contribution in [0.3, 0.4) is 0 Å². The predicted octanol–water partition coefficient (Wildman–Crippen LogP) is 4.04. The normalized spacial score (nSPS) is 13.8. The molecule has 0 atom stereocenters. The summed E-state index contributed by atoms with van der Waals surface area (Å²) in [6.07, 6.45) is -1.00. The van der Waals surface area contributed by atoms with Crippen LogP contribution in [0.15, 0.2) is 53.4 Å². The summed E-state index contributed by atoms with van der Waals surface area (Å²) in [7, 11) is -3.96. The third-order valence-corrected chi connectivity index (χ3v) is 6.79. The second-order valence-electron chi connectivity index (χ2n) is 7.81. The molecule has 0 bridgehead atoms. The molecule has 1 aliphatic rings. The minimum absolute atomic E-state index is 0.0137. The number of aromatic nitrogens is 5. The highest BCUT2D eigenvalue weighted by atomic mass is 35.5. The molecule has 0 unspecified atom stereocenters. The summed E-state index contributed by atoms with van der Waals surface area (Å²) in [6.45, 7) is 0. The van der Waals surface area contributed by atoms with E-state index in [0.717, 1.165) is 17.4 Å². The molecule has 180 valence electrons. The highest BCUT2D eigenvalue weighted by molar-refractivity contribution is 7.92. The second-order valence-corrected chi connectivity index (χ2v) is 9.88. The van der Waals surface area contributed by atoms with Gasteiger partial charge in [0.1, 0.15) is 5.69 Å². The van der Waals surface area contributed by atoms with Crippen LogP contribution in [0.4, 0.5) is 20.3 Å². The van der Waals surface area contributed by atoms with Crippen molar-refractivity contribution in [3.8, 4) is 0 Å². The molecule has 1 aliphatic carbocycles. The summed E-state index contributed by atoms with van der Waals surface area (Å²) in [6, 6.07) is 10.7. The Balaban J connectivity index is 1.33. The monoisotopic (exact) mass is 519 g/mol. The van der Waals surface area contributed by atoms with Crippen molar-refractivity contribution in [3.63, 3.8) is 0 Å². The third-order valence-electron chi connectivity index (χ3n) is 5.22. The molecule has 0 aliphatic heterocycles. The number of hydrogen-bond donors (Lipinski definition) is 2. The molecule has 0 saturated heterocycles. The van der Waals surface area contributed by atoms with Crippen LogP contribution in [-0.4, -0.2) is 39.1 Å². The fraction of sp³-hybridized carbons (Fsp3) is 0.190.